The average Bonchev–Trinajstić information content (AvgIpc) is 2.75. The smallest absolute Gasteiger partial charge is 0.265 e. The number of hydrogen-bond donors (Lipinski definition) is 2. The molecule has 96 valence electrons. The highest BCUT2D eigenvalue weighted by Gasteiger charge is 2.18. The van der Waals surface area contributed by atoms with Crippen molar-refractivity contribution in [1.82, 2.24) is 14.9 Å². The Kier molecular flexibility index (Phi) is 5.50. The van der Waals surface area contributed by atoms with Crippen LogP contribution in [0, 0.1) is 5.92 Å². The Bertz CT molecular complexity index is 364. The molecule has 0 bridgehead atoms. The van der Waals surface area contributed by atoms with Gasteiger partial charge < -0.3 is 11.1 Å². The summed E-state index contributed by atoms with van der Waals surface area (Å²) in [6.07, 6.45) is 1.60. The summed E-state index contributed by atoms with van der Waals surface area (Å²) in [5.41, 5.74) is 6.41. The van der Waals surface area contributed by atoms with Gasteiger partial charge in [0.2, 0.25) is 0 Å². The van der Waals surface area contributed by atoms with Crippen molar-refractivity contribution in [2.45, 2.75) is 39.7 Å². The molecule has 1 rings (SSSR count). The van der Waals surface area contributed by atoms with Gasteiger partial charge in [-0.25, -0.2) is 0 Å². The molecule has 0 aliphatic rings. The monoisotopic (exact) mass is 256 g/mol. The Hall–Kier alpha value is -1.01. The summed E-state index contributed by atoms with van der Waals surface area (Å²) in [4.78, 5) is 12.6. The van der Waals surface area contributed by atoms with Gasteiger partial charge in [-0.15, -0.1) is 5.10 Å². The van der Waals surface area contributed by atoms with Crippen LogP contribution in [-0.4, -0.2) is 28.1 Å². The van der Waals surface area contributed by atoms with Crippen LogP contribution in [0.25, 0.3) is 0 Å². The maximum atomic E-state index is 12.0. The summed E-state index contributed by atoms with van der Waals surface area (Å²) in [5.74, 6) is 0.405. The molecule has 0 radical (unpaired) electrons. The first-order valence-electron chi connectivity index (χ1n) is 5.90. The second kappa shape index (κ2) is 6.66. The normalized spacial score (nSPS) is 12.8. The SMILES string of the molecule is CCc1nnsc1C(=O)NC(CN)CC(C)C. The Morgan fingerprint density at radius 1 is 1.53 bits per heavy atom. The van der Waals surface area contributed by atoms with E-state index in [0.717, 1.165) is 30.1 Å². The van der Waals surface area contributed by atoms with Crippen LogP contribution in [0.5, 0.6) is 0 Å². The minimum atomic E-state index is -0.104. The van der Waals surface area contributed by atoms with Crippen LogP contribution in [0.3, 0.4) is 0 Å². The maximum absolute atomic E-state index is 12.0. The zero-order valence-corrected chi connectivity index (χ0v) is 11.4. The van der Waals surface area contributed by atoms with Gasteiger partial charge in [0.1, 0.15) is 4.88 Å². The lowest BCUT2D eigenvalue weighted by molar-refractivity contribution is 0.0937. The first kappa shape index (κ1) is 14.1. The van der Waals surface area contributed by atoms with E-state index in [9.17, 15) is 4.79 Å². The highest BCUT2D eigenvalue weighted by Crippen LogP contribution is 2.12. The molecule has 1 heterocycles. The van der Waals surface area contributed by atoms with Crippen LogP contribution in [0.1, 0.15) is 42.6 Å². The van der Waals surface area contributed by atoms with Gasteiger partial charge >= 0.3 is 0 Å². The fourth-order valence-corrected chi connectivity index (χ4v) is 2.30. The van der Waals surface area contributed by atoms with E-state index in [0.29, 0.717) is 17.3 Å². The van der Waals surface area contributed by atoms with Crippen molar-refractivity contribution in [2.24, 2.45) is 11.7 Å². The van der Waals surface area contributed by atoms with E-state index in [1.54, 1.807) is 0 Å². The number of carbonyl (C=O) groups is 1. The van der Waals surface area contributed by atoms with E-state index in [-0.39, 0.29) is 11.9 Å². The number of rotatable bonds is 6. The van der Waals surface area contributed by atoms with Gasteiger partial charge in [-0.2, -0.15) is 0 Å². The van der Waals surface area contributed by atoms with Gasteiger partial charge in [0, 0.05) is 12.6 Å². The van der Waals surface area contributed by atoms with Gasteiger partial charge in [0.25, 0.3) is 5.91 Å². The first-order valence-corrected chi connectivity index (χ1v) is 6.67. The van der Waals surface area contributed by atoms with Gasteiger partial charge in [-0.1, -0.05) is 25.3 Å². The van der Waals surface area contributed by atoms with Gasteiger partial charge in [-0.05, 0) is 30.3 Å². The molecule has 6 heteroatoms. The minimum absolute atomic E-state index is 0.0225. The molecule has 1 unspecified atom stereocenters. The van der Waals surface area contributed by atoms with Crippen LogP contribution in [0.2, 0.25) is 0 Å². The summed E-state index contributed by atoms with van der Waals surface area (Å²) in [7, 11) is 0. The maximum Gasteiger partial charge on any atom is 0.265 e. The number of nitrogens with two attached hydrogens (primary N) is 1. The van der Waals surface area contributed by atoms with Crippen LogP contribution < -0.4 is 11.1 Å². The summed E-state index contributed by atoms with van der Waals surface area (Å²) in [5, 5.41) is 6.87. The van der Waals surface area contributed by atoms with E-state index in [1.807, 2.05) is 6.92 Å². The lowest BCUT2D eigenvalue weighted by Crippen LogP contribution is -2.41. The fraction of sp³-hybridized carbons (Fsp3) is 0.727. The third-order valence-electron chi connectivity index (χ3n) is 2.47. The molecule has 5 nitrogen and oxygen atoms in total. The molecule has 0 aromatic carbocycles. The van der Waals surface area contributed by atoms with Crippen molar-refractivity contribution in [3.63, 3.8) is 0 Å². The van der Waals surface area contributed by atoms with Crippen LogP contribution in [-0.2, 0) is 6.42 Å². The number of amides is 1. The third kappa shape index (κ3) is 4.05. The second-order valence-electron chi connectivity index (χ2n) is 4.44. The van der Waals surface area contributed by atoms with Crippen molar-refractivity contribution in [3.8, 4) is 0 Å². The van der Waals surface area contributed by atoms with Crippen molar-refractivity contribution >= 4 is 17.4 Å². The Morgan fingerprint density at radius 2 is 2.24 bits per heavy atom. The third-order valence-corrected chi connectivity index (χ3v) is 3.24. The van der Waals surface area contributed by atoms with E-state index in [2.05, 4.69) is 28.8 Å². The Morgan fingerprint density at radius 3 is 2.76 bits per heavy atom. The van der Waals surface area contributed by atoms with Gasteiger partial charge in [0.05, 0.1) is 5.69 Å². The summed E-state index contributed by atoms with van der Waals surface area (Å²) in [6.45, 7) is 6.64. The van der Waals surface area contributed by atoms with Crippen molar-refractivity contribution in [3.05, 3.63) is 10.6 Å². The Balaban J connectivity index is 2.64. The number of nitrogens with zero attached hydrogens (tertiary/aromatic N) is 2. The molecule has 1 amide bonds. The molecule has 0 fully saturated rings. The zero-order chi connectivity index (χ0) is 12.8. The fourth-order valence-electron chi connectivity index (χ4n) is 1.65. The molecule has 17 heavy (non-hydrogen) atoms. The summed E-state index contributed by atoms with van der Waals surface area (Å²) >= 11 is 1.14. The van der Waals surface area contributed by atoms with Gasteiger partial charge in [0.15, 0.2) is 0 Å². The molecular formula is C11H20N4OS. The summed E-state index contributed by atoms with van der Waals surface area (Å²) < 4.78 is 3.81. The number of aryl methyl sites for hydroxylation is 1. The topological polar surface area (TPSA) is 80.9 Å². The molecule has 0 aliphatic carbocycles. The summed E-state index contributed by atoms with van der Waals surface area (Å²) in [6, 6.07) is 0.0225. The molecule has 0 aliphatic heterocycles. The predicted octanol–water partition coefficient (Wildman–Crippen LogP) is 1.20. The van der Waals surface area contributed by atoms with Gasteiger partial charge in [-0.3, -0.25) is 4.79 Å². The predicted molar refractivity (Wildman–Crippen MR) is 69.1 cm³/mol. The molecule has 0 spiro atoms. The van der Waals surface area contributed by atoms with Crippen LogP contribution in [0.4, 0.5) is 0 Å². The molecule has 0 saturated heterocycles. The average molecular weight is 256 g/mol. The number of carbonyl (C=O) groups excluding carboxylic acids is 1. The highest BCUT2D eigenvalue weighted by atomic mass is 32.1. The van der Waals surface area contributed by atoms with E-state index in [1.165, 1.54) is 0 Å². The quantitative estimate of drug-likeness (QED) is 0.801. The molecular weight excluding hydrogens is 236 g/mol. The van der Waals surface area contributed by atoms with E-state index in [4.69, 9.17) is 5.73 Å². The van der Waals surface area contributed by atoms with E-state index < -0.39 is 0 Å². The van der Waals surface area contributed by atoms with E-state index >= 15 is 0 Å². The molecule has 3 N–H and O–H groups in total. The molecule has 1 aromatic rings. The highest BCUT2D eigenvalue weighted by molar-refractivity contribution is 7.08. The van der Waals surface area contributed by atoms with Crippen LogP contribution in [0.15, 0.2) is 0 Å². The number of aromatic nitrogens is 2. The standard InChI is InChI=1S/C11H20N4OS/c1-4-9-10(17-15-14-9)11(16)13-8(6-12)5-7(2)3/h7-8H,4-6,12H2,1-3H3,(H,13,16). The zero-order valence-electron chi connectivity index (χ0n) is 10.6. The minimum Gasteiger partial charge on any atom is -0.347 e. The number of hydrogen-bond acceptors (Lipinski definition) is 5. The second-order valence-corrected chi connectivity index (χ2v) is 5.19. The van der Waals surface area contributed by atoms with Crippen molar-refractivity contribution in [1.29, 1.82) is 0 Å². The largest absolute Gasteiger partial charge is 0.347 e. The van der Waals surface area contributed by atoms with Crippen LogP contribution >= 0.6 is 11.5 Å². The lowest BCUT2D eigenvalue weighted by atomic mass is 10.0. The molecule has 0 saturated carbocycles. The Labute approximate surface area is 106 Å². The molecule has 1 atom stereocenters. The van der Waals surface area contributed by atoms with Crippen molar-refractivity contribution in [2.75, 3.05) is 6.54 Å². The first-order chi connectivity index (χ1) is 8.08. The number of nitrogens with one attached hydrogen (secondary N) is 1. The van der Waals surface area contributed by atoms with Crippen molar-refractivity contribution < 1.29 is 4.79 Å². The lowest BCUT2D eigenvalue weighted by Gasteiger charge is -2.18. The molecule has 1 aromatic heterocycles.